The molecule has 2 N–H and O–H groups in total. The molecule has 3 rings (SSSR count). The molecule has 106 valence electrons. The van der Waals surface area contributed by atoms with Crippen molar-refractivity contribution in [2.75, 3.05) is 5.32 Å². The second-order valence-corrected chi connectivity index (χ2v) is 5.34. The van der Waals surface area contributed by atoms with E-state index in [0.717, 1.165) is 39.8 Å². The molecule has 0 unspecified atom stereocenters. The molecule has 0 saturated heterocycles. The molecule has 0 aliphatic rings. The molecule has 1 heterocycles. The second-order valence-electron chi connectivity index (χ2n) is 5.34. The molecule has 0 fully saturated rings. The lowest BCUT2D eigenvalue weighted by molar-refractivity contribution is 0.466. The maximum absolute atomic E-state index is 9.81. The molecular weight excluding hydrogens is 260 g/mol. The number of aromatic hydroxyl groups is 1. The number of pyridine rings is 1. The Morgan fingerprint density at radius 2 is 1.81 bits per heavy atom. The van der Waals surface area contributed by atoms with E-state index in [4.69, 9.17) is 0 Å². The number of aryl methyl sites for hydroxylation is 2. The van der Waals surface area contributed by atoms with E-state index in [2.05, 4.69) is 22.4 Å². The zero-order valence-electron chi connectivity index (χ0n) is 12.2. The zero-order chi connectivity index (χ0) is 14.8. The molecule has 0 atom stereocenters. The average Bonchev–Trinajstić information content (AvgIpc) is 2.50. The molecule has 0 amide bonds. The van der Waals surface area contributed by atoms with Crippen molar-refractivity contribution in [1.82, 2.24) is 4.98 Å². The van der Waals surface area contributed by atoms with E-state index in [1.165, 1.54) is 0 Å². The summed E-state index contributed by atoms with van der Waals surface area (Å²) in [6.45, 7) is 4.58. The Morgan fingerprint density at radius 3 is 2.57 bits per heavy atom. The van der Waals surface area contributed by atoms with Crippen LogP contribution in [-0.4, -0.2) is 10.1 Å². The smallest absolute Gasteiger partial charge is 0.121 e. The molecule has 3 aromatic rings. The quantitative estimate of drug-likeness (QED) is 0.755. The number of nitrogens with one attached hydrogen (secondary N) is 1. The lowest BCUT2D eigenvalue weighted by atomic mass is 10.1. The summed E-state index contributed by atoms with van der Waals surface area (Å²) in [4.78, 5) is 4.32. The van der Waals surface area contributed by atoms with Crippen molar-refractivity contribution in [3.05, 3.63) is 65.4 Å². The molecule has 0 saturated carbocycles. The number of nitrogens with zero attached hydrogens (tertiary/aromatic N) is 1. The van der Waals surface area contributed by atoms with Gasteiger partial charge in [-0.15, -0.1) is 0 Å². The van der Waals surface area contributed by atoms with Crippen LogP contribution >= 0.6 is 0 Å². The van der Waals surface area contributed by atoms with Crippen molar-refractivity contribution in [3.8, 4) is 5.75 Å². The third-order valence-electron chi connectivity index (χ3n) is 3.65. The van der Waals surface area contributed by atoms with Crippen LogP contribution in [0.25, 0.3) is 10.9 Å². The van der Waals surface area contributed by atoms with E-state index < -0.39 is 0 Å². The third kappa shape index (κ3) is 2.82. The number of phenols is 1. The highest BCUT2D eigenvalue weighted by atomic mass is 16.3. The molecule has 0 aliphatic heterocycles. The van der Waals surface area contributed by atoms with E-state index in [0.29, 0.717) is 5.75 Å². The summed E-state index contributed by atoms with van der Waals surface area (Å²) in [7, 11) is 0. The van der Waals surface area contributed by atoms with E-state index in [9.17, 15) is 5.11 Å². The Hall–Kier alpha value is -2.55. The standard InChI is InChI=1S/C18H18N2O/c1-12-8-14(9-13(2)18(12)21)11-20-16-5-6-17-15(10-16)4-3-7-19-17/h3-10,20-21H,11H2,1-2H3. The summed E-state index contributed by atoms with van der Waals surface area (Å²) in [6.07, 6.45) is 1.80. The highest BCUT2D eigenvalue weighted by Crippen LogP contribution is 2.24. The number of phenolic OH excluding ortho intramolecular Hbond substituents is 1. The van der Waals surface area contributed by atoms with Crippen molar-refractivity contribution < 1.29 is 5.11 Å². The summed E-state index contributed by atoms with van der Waals surface area (Å²) in [5, 5.41) is 14.4. The number of hydrogen-bond donors (Lipinski definition) is 2. The van der Waals surface area contributed by atoms with E-state index in [-0.39, 0.29) is 0 Å². The van der Waals surface area contributed by atoms with Crippen LogP contribution < -0.4 is 5.32 Å². The van der Waals surface area contributed by atoms with Crippen LogP contribution in [0.4, 0.5) is 5.69 Å². The molecule has 3 nitrogen and oxygen atoms in total. The van der Waals surface area contributed by atoms with Gasteiger partial charge in [-0.2, -0.15) is 0 Å². The SMILES string of the molecule is Cc1cc(CNc2ccc3ncccc3c2)cc(C)c1O. The van der Waals surface area contributed by atoms with Gasteiger partial charge < -0.3 is 10.4 Å². The molecule has 0 radical (unpaired) electrons. The minimum atomic E-state index is 0.385. The Morgan fingerprint density at radius 1 is 1.05 bits per heavy atom. The van der Waals surface area contributed by atoms with Crippen molar-refractivity contribution >= 4 is 16.6 Å². The van der Waals surface area contributed by atoms with Crippen molar-refractivity contribution in [1.29, 1.82) is 0 Å². The molecule has 2 aromatic carbocycles. The van der Waals surface area contributed by atoms with E-state index in [1.54, 1.807) is 6.20 Å². The predicted molar refractivity (Wildman–Crippen MR) is 86.7 cm³/mol. The van der Waals surface area contributed by atoms with Crippen LogP contribution in [-0.2, 0) is 6.54 Å². The Balaban J connectivity index is 1.80. The molecule has 0 spiro atoms. The largest absolute Gasteiger partial charge is 0.507 e. The monoisotopic (exact) mass is 278 g/mol. The highest BCUT2D eigenvalue weighted by molar-refractivity contribution is 5.82. The predicted octanol–water partition coefficient (Wildman–Crippen LogP) is 4.17. The number of rotatable bonds is 3. The van der Waals surface area contributed by atoms with Gasteiger partial charge in [-0.1, -0.05) is 18.2 Å². The third-order valence-corrected chi connectivity index (χ3v) is 3.65. The summed E-state index contributed by atoms with van der Waals surface area (Å²) in [6, 6.07) is 14.2. The van der Waals surface area contributed by atoms with Gasteiger partial charge >= 0.3 is 0 Å². The molecule has 0 aliphatic carbocycles. The Labute approximate surface area is 124 Å². The van der Waals surface area contributed by atoms with Gasteiger partial charge in [0.2, 0.25) is 0 Å². The maximum Gasteiger partial charge on any atom is 0.121 e. The van der Waals surface area contributed by atoms with Crippen LogP contribution in [0.3, 0.4) is 0 Å². The van der Waals surface area contributed by atoms with Gasteiger partial charge in [-0.05, 0) is 54.8 Å². The highest BCUT2D eigenvalue weighted by Gasteiger charge is 2.03. The van der Waals surface area contributed by atoms with Crippen molar-refractivity contribution in [2.24, 2.45) is 0 Å². The van der Waals surface area contributed by atoms with Crippen molar-refractivity contribution in [3.63, 3.8) is 0 Å². The fraction of sp³-hybridized carbons (Fsp3) is 0.167. The zero-order valence-corrected chi connectivity index (χ0v) is 12.2. The molecule has 21 heavy (non-hydrogen) atoms. The molecular formula is C18H18N2O. The first kappa shape index (κ1) is 13.4. The van der Waals surface area contributed by atoms with Gasteiger partial charge in [0.25, 0.3) is 0 Å². The van der Waals surface area contributed by atoms with Gasteiger partial charge in [-0.3, -0.25) is 4.98 Å². The number of aromatic nitrogens is 1. The normalized spacial score (nSPS) is 10.8. The first-order valence-electron chi connectivity index (χ1n) is 7.01. The van der Waals surface area contributed by atoms with Crippen LogP contribution in [0.5, 0.6) is 5.75 Å². The summed E-state index contributed by atoms with van der Waals surface area (Å²) in [5.41, 5.74) is 5.05. The maximum atomic E-state index is 9.81. The van der Waals surface area contributed by atoms with Gasteiger partial charge in [0, 0.05) is 23.8 Å². The summed E-state index contributed by atoms with van der Waals surface area (Å²) in [5.74, 6) is 0.385. The molecule has 3 heteroatoms. The first-order chi connectivity index (χ1) is 10.1. The summed E-state index contributed by atoms with van der Waals surface area (Å²) < 4.78 is 0. The number of anilines is 1. The fourth-order valence-electron chi connectivity index (χ4n) is 2.54. The van der Waals surface area contributed by atoms with Gasteiger partial charge in [0.05, 0.1) is 5.52 Å². The van der Waals surface area contributed by atoms with E-state index >= 15 is 0 Å². The van der Waals surface area contributed by atoms with Crippen molar-refractivity contribution in [2.45, 2.75) is 20.4 Å². The van der Waals surface area contributed by atoms with Crippen LogP contribution in [0.2, 0.25) is 0 Å². The van der Waals surface area contributed by atoms with Crippen LogP contribution in [0.1, 0.15) is 16.7 Å². The number of benzene rings is 2. The van der Waals surface area contributed by atoms with E-state index in [1.807, 2.05) is 44.2 Å². The Kier molecular flexibility index (Phi) is 3.48. The second kappa shape index (κ2) is 5.44. The van der Waals surface area contributed by atoms with Crippen LogP contribution in [0.15, 0.2) is 48.7 Å². The minimum absolute atomic E-state index is 0.385. The lowest BCUT2D eigenvalue weighted by Gasteiger charge is -2.10. The summed E-state index contributed by atoms with van der Waals surface area (Å²) >= 11 is 0. The van der Waals surface area contributed by atoms with Crippen LogP contribution in [0, 0.1) is 13.8 Å². The first-order valence-corrected chi connectivity index (χ1v) is 7.01. The fourth-order valence-corrected chi connectivity index (χ4v) is 2.54. The van der Waals surface area contributed by atoms with Gasteiger partial charge in [-0.25, -0.2) is 0 Å². The van der Waals surface area contributed by atoms with Gasteiger partial charge in [0.15, 0.2) is 0 Å². The minimum Gasteiger partial charge on any atom is -0.507 e. The number of fused-ring (bicyclic) bond motifs is 1. The van der Waals surface area contributed by atoms with Gasteiger partial charge in [0.1, 0.15) is 5.75 Å². The average molecular weight is 278 g/mol. The number of hydrogen-bond acceptors (Lipinski definition) is 3. The Bertz CT molecular complexity index is 773. The molecule has 0 bridgehead atoms. The molecule has 1 aromatic heterocycles. The lowest BCUT2D eigenvalue weighted by Crippen LogP contribution is -2.00. The topological polar surface area (TPSA) is 45.2 Å².